The molecule has 0 amide bonds. The van der Waals surface area contributed by atoms with Gasteiger partial charge in [0.05, 0.1) is 6.61 Å². The first kappa shape index (κ1) is 16.9. The minimum absolute atomic E-state index is 0.563. The SMILES string of the molecule is CCCOc1ccc(Br)cc1CNC(CC)CSC. The summed E-state index contributed by atoms with van der Waals surface area (Å²) in [5.41, 5.74) is 1.22. The molecule has 1 rings (SSSR count). The highest BCUT2D eigenvalue weighted by Gasteiger charge is 2.08. The highest BCUT2D eigenvalue weighted by atomic mass is 79.9. The lowest BCUT2D eigenvalue weighted by Gasteiger charge is -2.18. The summed E-state index contributed by atoms with van der Waals surface area (Å²) < 4.78 is 6.90. The molecule has 2 nitrogen and oxygen atoms in total. The molecule has 19 heavy (non-hydrogen) atoms. The second kappa shape index (κ2) is 9.67. The summed E-state index contributed by atoms with van der Waals surface area (Å²) in [7, 11) is 0. The van der Waals surface area contributed by atoms with Crippen molar-refractivity contribution >= 4 is 27.7 Å². The zero-order valence-corrected chi connectivity index (χ0v) is 14.4. The van der Waals surface area contributed by atoms with E-state index in [4.69, 9.17) is 4.74 Å². The summed E-state index contributed by atoms with van der Waals surface area (Å²) in [5.74, 6) is 2.15. The third-order valence-corrected chi connectivity index (χ3v) is 4.16. The van der Waals surface area contributed by atoms with Crippen molar-refractivity contribution in [2.75, 3.05) is 18.6 Å². The number of rotatable bonds is 9. The van der Waals surface area contributed by atoms with Gasteiger partial charge in [-0.15, -0.1) is 0 Å². The smallest absolute Gasteiger partial charge is 0.123 e. The maximum atomic E-state index is 5.80. The molecule has 0 fully saturated rings. The average Bonchev–Trinajstić information content (AvgIpc) is 2.42. The third kappa shape index (κ3) is 6.19. The van der Waals surface area contributed by atoms with Crippen LogP contribution in [0.5, 0.6) is 5.75 Å². The van der Waals surface area contributed by atoms with Crippen LogP contribution < -0.4 is 10.1 Å². The van der Waals surface area contributed by atoms with Crippen LogP contribution in [0.2, 0.25) is 0 Å². The number of hydrogen-bond donors (Lipinski definition) is 1. The standard InChI is InChI=1S/C15H24BrNOS/c1-4-8-18-15-7-6-13(16)9-12(15)10-17-14(5-2)11-19-3/h6-7,9,14,17H,4-5,8,10-11H2,1-3H3. The number of halogens is 1. The molecule has 1 atom stereocenters. The molecule has 1 unspecified atom stereocenters. The van der Waals surface area contributed by atoms with Crippen molar-refractivity contribution in [1.29, 1.82) is 0 Å². The Morgan fingerprint density at radius 1 is 1.37 bits per heavy atom. The maximum absolute atomic E-state index is 5.80. The highest BCUT2D eigenvalue weighted by Crippen LogP contribution is 2.23. The predicted molar refractivity (Wildman–Crippen MR) is 89.2 cm³/mol. The monoisotopic (exact) mass is 345 g/mol. The van der Waals surface area contributed by atoms with Crippen molar-refractivity contribution in [3.63, 3.8) is 0 Å². The maximum Gasteiger partial charge on any atom is 0.123 e. The van der Waals surface area contributed by atoms with E-state index in [0.717, 1.165) is 42.0 Å². The number of thioether (sulfide) groups is 1. The Balaban J connectivity index is 2.66. The average molecular weight is 346 g/mol. The molecule has 1 aromatic carbocycles. The highest BCUT2D eigenvalue weighted by molar-refractivity contribution is 9.10. The topological polar surface area (TPSA) is 21.3 Å². The van der Waals surface area contributed by atoms with Crippen molar-refractivity contribution in [1.82, 2.24) is 5.32 Å². The number of ether oxygens (including phenoxy) is 1. The van der Waals surface area contributed by atoms with E-state index < -0.39 is 0 Å². The van der Waals surface area contributed by atoms with E-state index in [9.17, 15) is 0 Å². The van der Waals surface area contributed by atoms with Gasteiger partial charge < -0.3 is 10.1 Å². The van der Waals surface area contributed by atoms with Crippen LogP contribution in [0.25, 0.3) is 0 Å². The van der Waals surface area contributed by atoms with Gasteiger partial charge in [0.1, 0.15) is 5.75 Å². The van der Waals surface area contributed by atoms with E-state index in [2.05, 4.69) is 47.4 Å². The van der Waals surface area contributed by atoms with E-state index in [1.807, 2.05) is 23.9 Å². The van der Waals surface area contributed by atoms with Crippen molar-refractivity contribution in [2.45, 2.75) is 39.3 Å². The summed E-state index contributed by atoms with van der Waals surface area (Å²) in [6.45, 7) is 5.99. The first-order chi connectivity index (χ1) is 9.21. The molecule has 0 aliphatic rings. The Labute approximate surface area is 129 Å². The molecule has 0 heterocycles. The van der Waals surface area contributed by atoms with Crippen LogP contribution in [0.15, 0.2) is 22.7 Å². The number of nitrogens with one attached hydrogen (secondary N) is 1. The van der Waals surface area contributed by atoms with Gasteiger partial charge in [0.2, 0.25) is 0 Å². The molecule has 0 bridgehead atoms. The normalized spacial score (nSPS) is 12.4. The van der Waals surface area contributed by atoms with Crippen LogP contribution in [-0.2, 0) is 6.54 Å². The third-order valence-electron chi connectivity index (χ3n) is 2.93. The lowest BCUT2D eigenvalue weighted by Crippen LogP contribution is -2.30. The van der Waals surface area contributed by atoms with Crippen molar-refractivity contribution < 1.29 is 4.74 Å². The van der Waals surface area contributed by atoms with E-state index in [0.29, 0.717) is 6.04 Å². The van der Waals surface area contributed by atoms with E-state index in [-0.39, 0.29) is 0 Å². The summed E-state index contributed by atoms with van der Waals surface area (Å²) >= 11 is 5.42. The minimum atomic E-state index is 0.563. The van der Waals surface area contributed by atoms with Crippen LogP contribution in [0, 0.1) is 0 Å². The fraction of sp³-hybridized carbons (Fsp3) is 0.600. The Morgan fingerprint density at radius 3 is 2.79 bits per heavy atom. The summed E-state index contributed by atoms with van der Waals surface area (Å²) in [6.07, 6.45) is 4.34. The molecule has 0 aromatic heterocycles. The van der Waals surface area contributed by atoms with Crippen LogP contribution in [0.4, 0.5) is 0 Å². The Morgan fingerprint density at radius 2 is 2.16 bits per heavy atom. The summed E-state index contributed by atoms with van der Waals surface area (Å²) in [6, 6.07) is 6.79. The van der Waals surface area contributed by atoms with Gasteiger partial charge in [0.25, 0.3) is 0 Å². The van der Waals surface area contributed by atoms with Crippen molar-refractivity contribution in [2.24, 2.45) is 0 Å². The van der Waals surface area contributed by atoms with E-state index in [1.165, 1.54) is 5.56 Å². The van der Waals surface area contributed by atoms with Gasteiger partial charge in [-0.3, -0.25) is 0 Å². The quantitative estimate of drug-likeness (QED) is 0.713. The molecular formula is C15H24BrNOS. The molecule has 0 aliphatic carbocycles. The summed E-state index contributed by atoms with van der Waals surface area (Å²) in [4.78, 5) is 0. The van der Waals surface area contributed by atoms with Gasteiger partial charge in [0, 0.05) is 28.4 Å². The first-order valence-corrected chi connectivity index (χ1v) is 9.03. The molecule has 108 valence electrons. The lowest BCUT2D eigenvalue weighted by molar-refractivity contribution is 0.312. The molecular weight excluding hydrogens is 322 g/mol. The zero-order valence-electron chi connectivity index (χ0n) is 12.0. The Hall–Kier alpha value is -0.190. The molecule has 0 saturated heterocycles. The second-order valence-corrected chi connectivity index (χ2v) is 6.37. The van der Waals surface area contributed by atoms with Gasteiger partial charge in [-0.05, 0) is 37.3 Å². The largest absolute Gasteiger partial charge is 0.493 e. The zero-order chi connectivity index (χ0) is 14.1. The lowest BCUT2D eigenvalue weighted by atomic mass is 10.1. The fourth-order valence-corrected chi connectivity index (χ4v) is 2.98. The number of benzene rings is 1. The van der Waals surface area contributed by atoms with Crippen molar-refractivity contribution in [3.05, 3.63) is 28.2 Å². The molecule has 0 radical (unpaired) electrons. The molecule has 4 heteroatoms. The Bertz CT molecular complexity index is 373. The summed E-state index contributed by atoms with van der Waals surface area (Å²) in [5, 5.41) is 3.61. The van der Waals surface area contributed by atoms with Gasteiger partial charge in [-0.1, -0.05) is 29.8 Å². The molecule has 0 saturated carbocycles. The molecule has 0 spiro atoms. The van der Waals surface area contributed by atoms with Gasteiger partial charge >= 0.3 is 0 Å². The minimum Gasteiger partial charge on any atom is -0.493 e. The van der Waals surface area contributed by atoms with Crippen LogP contribution >= 0.6 is 27.7 Å². The van der Waals surface area contributed by atoms with Crippen LogP contribution in [0.3, 0.4) is 0 Å². The van der Waals surface area contributed by atoms with Gasteiger partial charge in [-0.2, -0.15) is 11.8 Å². The molecule has 0 aliphatic heterocycles. The van der Waals surface area contributed by atoms with E-state index >= 15 is 0 Å². The Kier molecular flexibility index (Phi) is 8.58. The first-order valence-electron chi connectivity index (χ1n) is 6.84. The van der Waals surface area contributed by atoms with Gasteiger partial charge in [0.15, 0.2) is 0 Å². The van der Waals surface area contributed by atoms with E-state index in [1.54, 1.807) is 0 Å². The number of hydrogen-bond acceptors (Lipinski definition) is 3. The van der Waals surface area contributed by atoms with Crippen LogP contribution in [-0.4, -0.2) is 24.7 Å². The fourth-order valence-electron chi connectivity index (χ4n) is 1.82. The second-order valence-electron chi connectivity index (χ2n) is 4.54. The van der Waals surface area contributed by atoms with Gasteiger partial charge in [-0.25, -0.2) is 0 Å². The predicted octanol–water partition coefficient (Wildman–Crippen LogP) is 4.47. The molecule has 1 N–H and O–H groups in total. The van der Waals surface area contributed by atoms with Crippen molar-refractivity contribution in [3.8, 4) is 5.75 Å². The van der Waals surface area contributed by atoms with Crippen LogP contribution in [0.1, 0.15) is 32.3 Å². The molecule has 1 aromatic rings.